The molecule has 0 aromatic carbocycles. The number of aliphatic hydroxyl groups excluding tert-OH is 1. The zero-order valence-corrected chi connectivity index (χ0v) is 11.8. The molecule has 0 amide bonds. The van der Waals surface area contributed by atoms with Crippen molar-refractivity contribution in [3.05, 3.63) is 17.0 Å². The van der Waals surface area contributed by atoms with Gasteiger partial charge in [0.15, 0.2) is 0 Å². The smallest absolute Gasteiger partial charge is 0.0628 e. The third-order valence-electron chi connectivity index (χ3n) is 3.94. The summed E-state index contributed by atoms with van der Waals surface area (Å²) in [4.78, 5) is 0. The average molecular weight is 238 g/mol. The molecule has 0 bridgehead atoms. The first-order chi connectivity index (χ1) is 8.01. The Hall–Kier alpha value is -0.830. The average Bonchev–Trinajstić information content (AvgIpc) is 2.53. The van der Waals surface area contributed by atoms with Gasteiger partial charge in [0.25, 0.3) is 0 Å². The van der Waals surface area contributed by atoms with Gasteiger partial charge in [0.2, 0.25) is 0 Å². The molecule has 3 nitrogen and oxygen atoms in total. The first kappa shape index (κ1) is 14.2. The molecule has 0 saturated heterocycles. The highest BCUT2D eigenvalue weighted by atomic mass is 16.3. The largest absolute Gasteiger partial charge is 0.393 e. The van der Waals surface area contributed by atoms with E-state index in [0.717, 1.165) is 31.4 Å². The van der Waals surface area contributed by atoms with Crippen molar-refractivity contribution < 1.29 is 5.11 Å². The third-order valence-corrected chi connectivity index (χ3v) is 3.94. The highest BCUT2D eigenvalue weighted by Gasteiger charge is 2.17. The maximum absolute atomic E-state index is 10.1. The minimum atomic E-state index is -0.177. The van der Waals surface area contributed by atoms with E-state index in [2.05, 4.69) is 25.9 Å². The number of rotatable bonds is 6. The van der Waals surface area contributed by atoms with Crippen LogP contribution in [-0.4, -0.2) is 21.0 Å². The molecule has 0 aliphatic heterocycles. The number of hydrogen-bond acceptors (Lipinski definition) is 2. The van der Waals surface area contributed by atoms with Crippen molar-refractivity contribution in [2.24, 2.45) is 13.0 Å². The fourth-order valence-corrected chi connectivity index (χ4v) is 2.54. The molecule has 0 spiro atoms. The molecule has 17 heavy (non-hydrogen) atoms. The Bertz CT molecular complexity index is 353. The molecule has 0 radical (unpaired) electrons. The number of aromatic nitrogens is 2. The van der Waals surface area contributed by atoms with Crippen molar-refractivity contribution >= 4 is 0 Å². The molecule has 1 aromatic heterocycles. The van der Waals surface area contributed by atoms with Gasteiger partial charge in [-0.1, -0.05) is 26.7 Å². The first-order valence-corrected chi connectivity index (χ1v) is 6.68. The van der Waals surface area contributed by atoms with Crippen LogP contribution >= 0.6 is 0 Å². The van der Waals surface area contributed by atoms with E-state index in [0.29, 0.717) is 5.92 Å². The minimum absolute atomic E-state index is 0.177. The van der Waals surface area contributed by atoms with E-state index in [1.165, 1.54) is 11.3 Å². The van der Waals surface area contributed by atoms with Gasteiger partial charge in [0.05, 0.1) is 11.8 Å². The molecule has 98 valence electrons. The summed E-state index contributed by atoms with van der Waals surface area (Å²) in [6.45, 7) is 8.45. The van der Waals surface area contributed by atoms with Crippen LogP contribution in [0.15, 0.2) is 0 Å². The van der Waals surface area contributed by atoms with Gasteiger partial charge in [-0.05, 0) is 38.2 Å². The molecule has 1 aromatic rings. The molecule has 0 saturated carbocycles. The highest BCUT2D eigenvalue weighted by Crippen LogP contribution is 2.20. The topological polar surface area (TPSA) is 38.1 Å². The number of aliphatic hydroxyl groups is 1. The molecule has 1 rings (SSSR count). The summed E-state index contributed by atoms with van der Waals surface area (Å²) in [6, 6.07) is 0. The lowest BCUT2D eigenvalue weighted by Gasteiger charge is -2.19. The maximum atomic E-state index is 10.1. The molecular weight excluding hydrogens is 212 g/mol. The van der Waals surface area contributed by atoms with Crippen LogP contribution in [0.5, 0.6) is 0 Å². The minimum Gasteiger partial charge on any atom is -0.393 e. The van der Waals surface area contributed by atoms with Crippen molar-refractivity contribution in [1.29, 1.82) is 0 Å². The van der Waals surface area contributed by atoms with Gasteiger partial charge in [0, 0.05) is 12.7 Å². The van der Waals surface area contributed by atoms with Crippen LogP contribution in [0.2, 0.25) is 0 Å². The highest BCUT2D eigenvalue weighted by molar-refractivity contribution is 5.24. The lowest BCUT2D eigenvalue weighted by Crippen LogP contribution is -2.20. The zero-order chi connectivity index (χ0) is 13.0. The van der Waals surface area contributed by atoms with Crippen molar-refractivity contribution in [3.8, 4) is 0 Å². The van der Waals surface area contributed by atoms with Crippen LogP contribution in [0, 0.1) is 19.8 Å². The van der Waals surface area contributed by atoms with Crippen LogP contribution in [0.25, 0.3) is 0 Å². The van der Waals surface area contributed by atoms with E-state index in [9.17, 15) is 5.11 Å². The summed E-state index contributed by atoms with van der Waals surface area (Å²) in [5, 5.41) is 14.5. The maximum Gasteiger partial charge on any atom is 0.0628 e. The second kappa shape index (κ2) is 6.20. The molecule has 0 aliphatic carbocycles. The summed E-state index contributed by atoms with van der Waals surface area (Å²) in [5.74, 6) is 0.437. The van der Waals surface area contributed by atoms with E-state index in [4.69, 9.17) is 0 Å². The van der Waals surface area contributed by atoms with Crippen molar-refractivity contribution in [1.82, 2.24) is 9.78 Å². The van der Waals surface area contributed by atoms with Gasteiger partial charge < -0.3 is 5.11 Å². The van der Waals surface area contributed by atoms with Crippen molar-refractivity contribution in [3.63, 3.8) is 0 Å². The summed E-state index contributed by atoms with van der Waals surface area (Å²) in [6.07, 6.45) is 3.72. The standard InChI is InChI=1S/C14H26N2O/c1-6-12(7-2)14(17)9-8-13-10(3)15-16(5)11(13)4/h12,14,17H,6-9H2,1-5H3. The number of nitrogens with zero attached hydrogens (tertiary/aromatic N) is 2. The Balaban J connectivity index is 2.61. The predicted molar refractivity (Wildman–Crippen MR) is 71.1 cm³/mol. The van der Waals surface area contributed by atoms with Crippen LogP contribution < -0.4 is 0 Å². The van der Waals surface area contributed by atoms with E-state index in [1.807, 2.05) is 18.7 Å². The number of aryl methyl sites for hydroxylation is 2. The third kappa shape index (κ3) is 3.32. The predicted octanol–water partition coefficient (Wildman–Crippen LogP) is 2.77. The van der Waals surface area contributed by atoms with Crippen LogP contribution in [-0.2, 0) is 13.5 Å². The first-order valence-electron chi connectivity index (χ1n) is 6.68. The summed E-state index contributed by atoms with van der Waals surface area (Å²) >= 11 is 0. The molecular formula is C14H26N2O. The monoisotopic (exact) mass is 238 g/mol. The second-order valence-corrected chi connectivity index (χ2v) is 4.96. The van der Waals surface area contributed by atoms with Crippen molar-refractivity contribution in [2.75, 3.05) is 0 Å². The van der Waals surface area contributed by atoms with Crippen LogP contribution in [0.4, 0.5) is 0 Å². The molecule has 1 unspecified atom stereocenters. The lowest BCUT2D eigenvalue weighted by atomic mass is 9.92. The molecule has 0 fully saturated rings. The second-order valence-electron chi connectivity index (χ2n) is 4.96. The van der Waals surface area contributed by atoms with E-state index in [1.54, 1.807) is 0 Å². The Labute approximate surface area is 105 Å². The summed E-state index contributed by atoms with van der Waals surface area (Å²) < 4.78 is 1.92. The fraction of sp³-hybridized carbons (Fsp3) is 0.786. The molecule has 1 heterocycles. The molecule has 1 N–H and O–H groups in total. The van der Waals surface area contributed by atoms with Gasteiger partial charge in [0.1, 0.15) is 0 Å². The molecule has 3 heteroatoms. The van der Waals surface area contributed by atoms with Crippen LogP contribution in [0.1, 0.15) is 50.1 Å². The fourth-order valence-electron chi connectivity index (χ4n) is 2.54. The summed E-state index contributed by atoms with van der Waals surface area (Å²) in [5.41, 5.74) is 3.62. The van der Waals surface area contributed by atoms with Gasteiger partial charge in [-0.3, -0.25) is 4.68 Å². The SMILES string of the molecule is CCC(CC)C(O)CCc1c(C)nn(C)c1C. The van der Waals surface area contributed by atoms with Crippen molar-refractivity contribution in [2.45, 2.75) is 59.5 Å². The van der Waals surface area contributed by atoms with Gasteiger partial charge in [-0.15, -0.1) is 0 Å². The van der Waals surface area contributed by atoms with E-state index in [-0.39, 0.29) is 6.10 Å². The summed E-state index contributed by atoms with van der Waals surface area (Å²) in [7, 11) is 1.98. The Morgan fingerprint density at radius 3 is 2.24 bits per heavy atom. The Morgan fingerprint density at radius 1 is 1.24 bits per heavy atom. The van der Waals surface area contributed by atoms with Gasteiger partial charge in [-0.25, -0.2) is 0 Å². The molecule has 1 atom stereocenters. The quantitative estimate of drug-likeness (QED) is 0.827. The van der Waals surface area contributed by atoms with Crippen LogP contribution in [0.3, 0.4) is 0 Å². The zero-order valence-electron chi connectivity index (χ0n) is 11.8. The molecule has 0 aliphatic rings. The van der Waals surface area contributed by atoms with Gasteiger partial charge >= 0.3 is 0 Å². The number of hydrogen-bond donors (Lipinski definition) is 1. The van der Waals surface area contributed by atoms with E-state index < -0.39 is 0 Å². The lowest BCUT2D eigenvalue weighted by molar-refractivity contribution is 0.0944. The Kier molecular flexibility index (Phi) is 5.19. The van der Waals surface area contributed by atoms with E-state index >= 15 is 0 Å². The van der Waals surface area contributed by atoms with Gasteiger partial charge in [-0.2, -0.15) is 5.10 Å². The Morgan fingerprint density at radius 2 is 1.82 bits per heavy atom. The normalized spacial score (nSPS) is 13.4.